The van der Waals surface area contributed by atoms with Gasteiger partial charge in [-0.3, -0.25) is 19.4 Å². The predicted molar refractivity (Wildman–Crippen MR) is 304 cm³/mol. The molecule has 0 unspecified atom stereocenters. The minimum Gasteiger partial charge on any atom is -0.457 e. The quantitative estimate of drug-likeness (QED) is 0.0236. The summed E-state index contributed by atoms with van der Waals surface area (Å²) < 4.78 is 88.1. The molecule has 16 nitrogen and oxygen atoms in total. The molecule has 3 aromatic heterocycles. The maximum Gasteiger partial charge on any atom is 0.416 e. The Kier molecular flexibility index (Phi) is 26.4. The summed E-state index contributed by atoms with van der Waals surface area (Å²) in [7, 11) is 3.61. The first-order valence-corrected chi connectivity index (χ1v) is 23.7. The Bertz CT molecular complexity index is 3040. The van der Waals surface area contributed by atoms with Crippen molar-refractivity contribution < 1.29 is 45.4 Å². The number of aryl methyl sites for hydroxylation is 1. The molecule has 4 aromatic carbocycles. The number of carbonyl (C=O) groups excluding carboxylic acids is 2. The van der Waals surface area contributed by atoms with E-state index in [0.29, 0.717) is 69.7 Å². The number of nitrogens with two attached hydrogens (primary N) is 1. The average molecular weight is 1110 g/mol. The number of alkyl halides is 6. The van der Waals surface area contributed by atoms with Crippen LogP contribution in [0.15, 0.2) is 127 Å². The maximum absolute atomic E-state index is 12.8. The number of carbonyl (C=O) groups is 2. The van der Waals surface area contributed by atoms with Crippen molar-refractivity contribution in [2.75, 3.05) is 73.3 Å². The summed E-state index contributed by atoms with van der Waals surface area (Å²) in [5, 5.41) is 13.7. The third kappa shape index (κ3) is 20.1. The van der Waals surface area contributed by atoms with Crippen LogP contribution in [0.25, 0.3) is 11.0 Å². The lowest BCUT2D eigenvalue weighted by molar-refractivity contribution is -0.138. The third-order valence-corrected chi connectivity index (χ3v) is 11.1. The molecular formula is C55H68F6N12O4S. The number of likely N-dealkylation sites (N-methyl/N-ethyl adjacent to an activating group) is 2. The van der Waals surface area contributed by atoms with E-state index in [9.17, 15) is 35.9 Å². The van der Waals surface area contributed by atoms with Gasteiger partial charge in [0.15, 0.2) is 0 Å². The number of isothiocyanates is 1. The second kappa shape index (κ2) is 31.2. The molecule has 0 saturated carbocycles. The largest absolute Gasteiger partial charge is 0.457 e. The van der Waals surface area contributed by atoms with Crippen LogP contribution in [0.5, 0.6) is 23.0 Å². The number of imidazole rings is 1. The van der Waals surface area contributed by atoms with Gasteiger partial charge < -0.3 is 41.0 Å². The van der Waals surface area contributed by atoms with Crippen LogP contribution in [0, 0.1) is 0 Å². The first kappa shape index (κ1) is 66.0. The Morgan fingerprint density at radius 2 is 1.12 bits per heavy atom. The fourth-order valence-corrected chi connectivity index (χ4v) is 6.97. The number of fused-ring (bicyclic) bond motifs is 1. The van der Waals surface area contributed by atoms with Crippen molar-refractivity contribution in [1.29, 1.82) is 0 Å². The lowest BCUT2D eigenvalue weighted by Gasteiger charge is -2.17. The Balaban J connectivity index is 0.000000439. The van der Waals surface area contributed by atoms with Crippen molar-refractivity contribution in [3.63, 3.8) is 0 Å². The van der Waals surface area contributed by atoms with Gasteiger partial charge in [-0.2, -0.15) is 31.3 Å². The van der Waals surface area contributed by atoms with E-state index < -0.39 is 23.5 Å². The predicted octanol–water partition coefficient (Wildman–Crippen LogP) is 13.9. The van der Waals surface area contributed by atoms with Crippen LogP contribution < -0.4 is 36.5 Å². The van der Waals surface area contributed by atoms with Crippen molar-refractivity contribution in [2.45, 2.75) is 62.3 Å². The molecule has 2 amide bonds. The number of aromatic nitrogens is 4. The number of nitrogens with one attached hydrogen (secondary N) is 4. The highest BCUT2D eigenvalue weighted by atomic mass is 32.1. The van der Waals surface area contributed by atoms with E-state index in [1.165, 1.54) is 24.3 Å². The number of anilines is 6. The van der Waals surface area contributed by atoms with Crippen molar-refractivity contribution >= 4 is 80.6 Å². The number of ether oxygens (including phenoxy) is 2. The maximum atomic E-state index is 12.8. The van der Waals surface area contributed by atoms with Gasteiger partial charge in [0, 0.05) is 56.4 Å². The van der Waals surface area contributed by atoms with Gasteiger partial charge >= 0.3 is 12.4 Å². The SMILES string of the molecule is C.C.C.CCN(CC)CC(=O)Nc1cc(Oc2ccc(NC)c(N)c2)ccn1.CCN(CC)CC(=O)Nc1cc(Oc2ccc3c(c2)nc(Nc2ccc(C(F)(F)F)cc2)n3C)ccn1.FC(F)(F)c1ccc(N=C=S)cc1. The van der Waals surface area contributed by atoms with E-state index in [4.69, 9.17) is 15.2 Å². The number of thiocarbonyl (C=S) groups is 1. The first-order valence-electron chi connectivity index (χ1n) is 23.3. The summed E-state index contributed by atoms with van der Waals surface area (Å²) in [6.45, 7) is 11.8. The molecule has 78 heavy (non-hydrogen) atoms. The smallest absolute Gasteiger partial charge is 0.416 e. The Morgan fingerprint density at radius 3 is 1.55 bits per heavy atom. The third-order valence-electron chi connectivity index (χ3n) is 11.0. The summed E-state index contributed by atoms with van der Waals surface area (Å²) in [4.78, 5) is 44.8. The normalized spacial score (nSPS) is 10.7. The number of halogens is 6. The fraction of sp³-hybridized carbons (Fsp3) is 0.309. The topological polar surface area (TPSA) is 189 Å². The highest BCUT2D eigenvalue weighted by molar-refractivity contribution is 7.78. The molecule has 6 N–H and O–H groups in total. The van der Waals surface area contributed by atoms with Gasteiger partial charge in [0.1, 0.15) is 34.6 Å². The van der Waals surface area contributed by atoms with Crippen LogP contribution in [0.1, 0.15) is 61.1 Å². The summed E-state index contributed by atoms with van der Waals surface area (Å²) in [6, 6.07) is 26.6. The molecule has 23 heteroatoms. The molecule has 0 fully saturated rings. The molecule has 0 aliphatic heterocycles. The van der Waals surface area contributed by atoms with Gasteiger partial charge in [0.05, 0.1) is 57.5 Å². The van der Waals surface area contributed by atoms with Gasteiger partial charge in [0.25, 0.3) is 0 Å². The monoisotopic (exact) mass is 1110 g/mol. The second-order valence-corrected chi connectivity index (χ2v) is 16.3. The zero-order valence-electron chi connectivity index (χ0n) is 41.8. The van der Waals surface area contributed by atoms with Crippen molar-refractivity contribution in [1.82, 2.24) is 29.3 Å². The molecule has 0 aliphatic carbocycles. The Morgan fingerprint density at radius 1 is 0.667 bits per heavy atom. The van der Waals surface area contributed by atoms with E-state index in [-0.39, 0.29) is 40.6 Å². The van der Waals surface area contributed by atoms with E-state index in [2.05, 4.69) is 58.6 Å². The highest BCUT2D eigenvalue weighted by Gasteiger charge is 2.31. The number of pyridine rings is 2. The van der Waals surface area contributed by atoms with Crippen molar-refractivity contribution in [2.24, 2.45) is 12.0 Å². The van der Waals surface area contributed by atoms with Gasteiger partial charge in [-0.15, -0.1) is 0 Å². The number of rotatable bonds is 18. The minimum absolute atomic E-state index is 0. The number of benzene rings is 4. The highest BCUT2D eigenvalue weighted by Crippen LogP contribution is 2.33. The van der Waals surface area contributed by atoms with E-state index in [1.54, 1.807) is 66.5 Å². The number of amides is 2. The molecule has 7 rings (SSSR count). The van der Waals surface area contributed by atoms with Crippen molar-refractivity contribution in [3.05, 3.63) is 133 Å². The molecule has 7 aromatic rings. The van der Waals surface area contributed by atoms with Crippen LogP contribution in [0.4, 0.5) is 66.7 Å². The first-order chi connectivity index (χ1) is 35.7. The number of aliphatic imine (C=N–C) groups is 1. The molecule has 0 saturated heterocycles. The lowest BCUT2D eigenvalue weighted by atomic mass is 10.2. The van der Waals surface area contributed by atoms with Gasteiger partial charge in [-0.1, -0.05) is 50.0 Å². The molecule has 420 valence electrons. The summed E-state index contributed by atoms with van der Waals surface area (Å²) in [6.07, 6.45) is -5.55. The Hall–Kier alpha value is -8.11. The van der Waals surface area contributed by atoms with Gasteiger partial charge in [-0.25, -0.2) is 15.0 Å². The summed E-state index contributed by atoms with van der Waals surface area (Å²) in [5.74, 6) is 3.25. The zero-order valence-corrected chi connectivity index (χ0v) is 42.6. The lowest BCUT2D eigenvalue weighted by Crippen LogP contribution is -2.33. The molecule has 3 heterocycles. The average Bonchev–Trinajstić information content (AvgIpc) is 3.68. The summed E-state index contributed by atoms with van der Waals surface area (Å²) >= 11 is 4.30. The van der Waals surface area contributed by atoms with Crippen LogP contribution in [-0.4, -0.2) is 92.6 Å². The van der Waals surface area contributed by atoms with Gasteiger partial charge in [-0.05, 0) is 123 Å². The molecular weight excluding hydrogens is 1040 g/mol. The number of hydrogen-bond donors (Lipinski definition) is 5. The summed E-state index contributed by atoms with van der Waals surface area (Å²) in [5.41, 5.74) is 8.25. The van der Waals surface area contributed by atoms with E-state index in [0.717, 1.165) is 61.6 Å². The molecule has 0 bridgehead atoms. The van der Waals surface area contributed by atoms with Crippen molar-refractivity contribution in [3.8, 4) is 23.0 Å². The van der Waals surface area contributed by atoms with Crippen LogP contribution in [-0.2, 0) is 29.0 Å². The second-order valence-electron chi connectivity index (χ2n) is 16.1. The fourth-order valence-electron chi connectivity index (χ4n) is 6.86. The molecule has 0 atom stereocenters. The van der Waals surface area contributed by atoms with Crippen LogP contribution >= 0.6 is 12.2 Å². The van der Waals surface area contributed by atoms with E-state index >= 15 is 0 Å². The van der Waals surface area contributed by atoms with Crippen LogP contribution in [0.3, 0.4) is 0 Å². The molecule has 0 aliphatic rings. The number of hydrogen-bond acceptors (Lipinski definition) is 14. The number of nitrogens with zero attached hydrogens (tertiary/aromatic N) is 7. The van der Waals surface area contributed by atoms with Crippen LogP contribution in [0.2, 0.25) is 0 Å². The Labute approximate surface area is 457 Å². The zero-order chi connectivity index (χ0) is 54.7. The molecule has 0 spiro atoms. The minimum atomic E-state index is -4.39. The van der Waals surface area contributed by atoms with Gasteiger partial charge in [0.2, 0.25) is 17.8 Å². The van der Waals surface area contributed by atoms with E-state index in [1.807, 2.05) is 62.7 Å². The number of nitrogen functional groups attached to an aromatic ring is 1. The molecule has 0 radical (unpaired) electrons. The standard InChI is InChI=1S/C26H27F3N6O2.C18H25N5O2.C8H4F3NS.3CH4/c1-4-35(5-2)16-24(36)33-23-15-20(12-13-30-23)37-19-10-11-22-21(14-19)32-25(34(22)3)31-18-8-6-17(7-9-18)26(27,28)29;1-4-23(5-2)12-18(24)22-17-11-14(8-9-21-17)25-13-6-7-16(20-3)15(19)10-13;9-8(10,11)6-1-3-7(4-2-6)12-5-13;;;/h6-15H,4-5,16H2,1-3H3,(H,31,32)(H,30,33,36);6-11,20H,4-5,12,19H2,1-3H3,(H,21,22,24);1-4H;3*1H4.